The van der Waals surface area contributed by atoms with Crippen molar-refractivity contribution in [1.82, 2.24) is 10.0 Å². The lowest BCUT2D eigenvalue weighted by Gasteiger charge is -2.24. The molecule has 0 unspecified atom stereocenters. The highest BCUT2D eigenvalue weighted by Gasteiger charge is 2.24. The first-order valence-electron chi connectivity index (χ1n) is 6.40. The number of nitrogens with one attached hydrogen (secondary N) is 2. The average Bonchev–Trinajstić information content (AvgIpc) is 2.27. The van der Waals surface area contributed by atoms with E-state index in [0.717, 1.165) is 25.9 Å². The quantitative estimate of drug-likeness (QED) is 0.885. The third-order valence-corrected chi connectivity index (χ3v) is 5.18. The standard InChI is InChI=1S/C13H19FN2O2S/c1-9-7-11(14)8-10(2)13(9)19(17,18)16-12-3-5-15-6-4-12/h7-8,12,15-16H,3-6H2,1-2H3. The molecule has 0 amide bonds. The maximum absolute atomic E-state index is 13.2. The number of aryl methyl sites for hydroxylation is 2. The van der Waals surface area contributed by atoms with Gasteiger partial charge in [0, 0.05) is 6.04 Å². The normalized spacial score (nSPS) is 17.6. The zero-order chi connectivity index (χ0) is 14.0. The molecule has 1 aliphatic heterocycles. The van der Waals surface area contributed by atoms with Crippen LogP contribution in [0.4, 0.5) is 4.39 Å². The molecule has 2 rings (SSSR count). The first-order chi connectivity index (χ1) is 8.90. The summed E-state index contributed by atoms with van der Waals surface area (Å²) in [5, 5.41) is 3.19. The van der Waals surface area contributed by atoms with Gasteiger partial charge in [0.2, 0.25) is 10.0 Å². The summed E-state index contributed by atoms with van der Waals surface area (Å²) in [6.45, 7) is 4.86. The first kappa shape index (κ1) is 14.4. The molecule has 1 fully saturated rings. The molecule has 0 atom stereocenters. The predicted molar refractivity (Wildman–Crippen MR) is 72.1 cm³/mol. The molecule has 1 aromatic carbocycles. The summed E-state index contributed by atoms with van der Waals surface area (Å²) in [6, 6.07) is 2.46. The summed E-state index contributed by atoms with van der Waals surface area (Å²) in [4.78, 5) is 0.201. The molecule has 1 aromatic rings. The van der Waals surface area contributed by atoms with E-state index in [2.05, 4.69) is 10.0 Å². The fourth-order valence-corrected chi connectivity index (χ4v) is 4.30. The van der Waals surface area contributed by atoms with Gasteiger partial charge in [0.05, 0.1) is 4.90 Å². The van der Waals surface area contributed by atoms with Gasteiger partial charge in [0.1, 0.15) is 5.82 Å². The minimum absolute atomic E-state index is 0.0462. The molecule has 2 N–H and O–H groups in total. The van der Waals surface area contributed by atoms with Gasteiger partial charge in [-0.15, -0.1) is 0 Å². The van der Waals surface area contributed by atoms with E-state index in [-0.39, 0.29) is 10.9 Å². The lowest BCUT2D eigenvalue weighted by atomic mass is 10.1. The molecule has 1 aliphatic rings. The van der Waals surface area contributed by atoms with E-state index in [4.69, 9.17) is 0 Å². The Labute approximate surface area is 113 Å². The molecular formula is C13H19FN2O2S. The van der Waals surface area contributed by atoms with Gasteiger partial charge >= 0.3 is 0 Å². The minimum atomic E-state index is -3.58. The number of hydrogen-bond donors (Lipinski definition) is 2. The second-order valence-corrected chi connectivity index (χ2v) is 6.67. The lowest BCUT2D eigenvalue weighted by molar-refractivity contribution is 0.427. The summed E-state index contributed by atoms with van der Waals surface area (Å²) < 4.78 is 40.8. The van der Waals surface area contributed by atoms with Gasteiger partial charge in [-0.05, 0) is 63.0 Å². The van der Waals surface area contributed by atoms with Crippen molar-refractivity contribution >= 4 is 10.0 Å². The molecule has 0 spiro atoms. The van der Waals surface area contributed by atoms with E-state index >= 15 is 0 Å². The van der Waals surface area contributed by atoms with Crippen LogP contribution in [-0.4, -0.2) is 27.5 Å². The number of rotatable bonds is 3. The van der Waals surface area contributed by atoms with E-state index in [1.54, 1.807) is 13.8 Å². The fraction of sp³-hybridized carbons (Fsp3) is 0.538. The van der Waals surface area contributed by atoms with E-state index in [1.807, 2.05) is 0 Å². The molecule has 0 aliphatic carbocycles. The lowest BCUT2D eigenvalue weighted by Crippen LogP contribution is -2.42. The average molecular weight is 286 g/mol. The summed E-state index contributed by atoms with van der Waals surface area (Å²) in [5.41, 5.74) is 0.887. The van der Waals surface area contributed by atoms with Crippen LogP contribution in [0.1, 0.15) is 24.0 Å². The molecule has 1 heterocycles. The zero-order valence-electron chi connectivity index (χ0n) is 11.2. The van der Waals surface area contributed by atoms with Gasteiger partial charge < -0.3 is 5.32 Å². The van der Waals surface area contributed by atoms with Crippen LogP contribution in [0.15, 0.2) is 17.0 Å². The van der Waals surface area contributed by atoms with E-state index in [0.29, 0.717) is 11.1 Å². The SMILES string of the molecule is Cc1cc(F)cc(C)c1S(=O)(=O)NC1CCNCC1. The highest BCUT2D eigenvalue weighted by Crippen LogP contribution is 2.22. The van der Waals surface area contributed by atoms with E-state index in [1.165, 1.54) is 12.1 Å². The Balaban J connectivity index is 2.29. The minimum Gasteiger partial charge on any atom is -0.317 e. The van der Waals surface area contributed by atoms with Crippen molar-refractivity contribution in [3.8, 4) is 0 Å². The van der Waals surface area contributed by atoms with Crippen LogP contribution in [0.3, 0.4) is 0 Å². The zero-order valence-corrected chi connectivity index (χ0v) is 12.0. The molecule has 1 saturated heterocycles. The predicted octanol–water partition coefficient (Wildman–Crippen LogP) is 1.47. The molecule has 0 bridgehead atoms. The van der Waals surface area contributed by atoms with Gasteiger partial charge in [0.15, 0.2) is 0 Å². The molecule has 0 aromatic heterocycles. The second kappa shape index (κ2) is 5.56. The molecular weight excluding hydrogens is 267 g/mol. The Bertz CT molecular complexity index is 543. The van der Waals surface area contributed by atoms with Gasteiger partial charge in [-0.3, -0.25) is 0 Å². The van der Waals surface area contributed by atoms with Crippen molar-refractivity contribution in [1.29, 1.82) is 0 Å². The number of sulfonamides is 1. The number of hydrogen-bond acceptors (Lipinski definition) is 3. The number of benzene rings is 1. The first-order valence-corrected chi connectivity index (χ1v) is 7.88. The Hall–Kier alpha value is -0.980. The second-order valence-electron chi connectivity index (χ2n) is 5.01. The van der Waals surface area contributed by atoms with Crippen LogP contribution in [0.5, 0.6) is 0 Å². The van der Waals surface area contributed by atoms with Crippen molar-refractivity contribution < 1.29 is 12.8 Å². The number of halogens is 1. The van der Waals surface area contributed by atoms with E-state index < -0.39 is 15.8 Å². The van der Waals surface area contributed by atoms with Crippen molar-refractivity contribution in [3.63, 3.8) is 0 Å². The molecule has 0 saturated carbocycles. The Morgan fingerprint density at radius 1 is 1.21 bits per heavy atom. The van der Waals surface area contributed by atoms with Crippen LogP contribution in [0, 0.1) is 19.7 Å². The summed E-state index contributed by atoms with van der Waals surface area (Å²) in [5.74, 6) is -0.407. The van der Waals surface area contributed by atoms with Crippen molar-refractivity contribution in [2.45, 2.75) is 37.6 Å². The third kappa shape index (κ3) is 3.32. The van der Waals surface area contributed by atoms with E-state index in [9.17, 15) is 12.8 Å². The van der Waals surface area contributed by atoms with Gasteiger partial charge in [0.25, 0.3) is 0 Å². The van der Waals surface area contributed by atoms with Crippen molar-refractivity contribution in [3.05, 3.63) is 29.1 Å². The highest BCUT2D eigenvalue weighted by molar-refractivity contribution is 7.89. The van der Waals surface area contributed by atoms with Gasteiger partial charge in [-0.2, -0.15) is 0 Å². The monoisotopic (exact) mass is 286 g/mol. The van der Waals surface area contributed by atoms with Crippen LogP contribution in [0.25, 0.3) is 0 Å². The largest absolute Gasteiger partial charge is 0.317 e. The Morgan fingerprint density at radius 2 is 1.74 bits per heavy atom. The molecule has 4 nitrogen and oxygen atoms in total. The molecule has 0 radical (unpaired) electrons. The summed E-state index contributed by atoms with van der Waals surface area (Å²) in [7, 11) is -3.58. The van der Waals surface area contributed by atoms with Crippen molar-refractivity contribution in [2.75, 3.05) is 13.1 Å². The number of piperidine rings is 1. The summed E-state index contributed by atoms with van der Waals surface area (Å²) >= 11 is 0. The maximum atomic E-state index is 13.2. The molecule has 19 heavy (non-hydrogen) atoms. The third-order valence-electron chi connectivity index (χ3n) is 3.35. The van der Waals surface area contributed by atoms with Crippen LogP contribution in [-0.2, 0) is 10.0 Å². The van der Waals surface area contributed by atoms with Crippen LogP contribution >= 0.6 is 0 Å². The highest BCUT2D eigenvalue weighted by atomic mass is 32.2. The van der Waals surface area contributed by atoms with Gasteiger partial charge in [-0.1, -0.05) is 0 Å². The van der Waals surface area contributed by atoms with Crippen LogP contribution < -0.4 is 10.0 Å². The van der Waals surface area contributed by atoms with Crippen molar-refractivity contribution in [2.24, 2.45) is 0 Å². The topological polar surface area (TPSA) is 58.2 Å². The smallest absolute Gasteiger partial charge is 0.241 e. The van der Waals surface area contributed by atoms with Gasteiger partial charge in [-0.25, -0.2) is 17.5 Å². The molecule has 106 valence electrons. The summed E-state index contributed by atoms with van der Waals surface area (Å²) in [6.07, 6.45) is 1.55. The van der Waals surface area contributed by atoms with Crippen LogP contribution in [0.2, 0.25) is 0 Å². The molecule has 6 heteroatoms. The Kier molecular flexibility index (Phi) is 4.23. The Morgan fingerprint density at radius 3 is 2.26 bits per heavy atom. The fourth-order valence-electron chi connectivity index (χ4n) is 2.54. The maximum Gasteiger partial charge on any atom is 0.241 e.